The molecule has 3 aromatic carbocycles. The van der Waals surface area contributed by atoms with Crippen LogP contribution in [0, 0.1) is 11.7 Å². The molecular formula is C31H33F7N2. The third kappa shape index (κ3) is 8.07. The van der Waals surface area contributed by atoms with Crippen molar-refractivity contribution in [1.82, 2.24) is 10.2 Å². The molecule has 3 aromatic rings. The van der Waals surface area contributed by atoms with E-state index in [1.54, 1.807) is 12.1 Å². The Bertz CT molecular complexity index is 1180. The molecule has 4 rings (SSSR count). The van der Waals surface area contributed by atoms with E-state index in [2.05, 4.69) is 29.3 Å². The van der Waals surface area contributed by atoms with Crippen LogP contribution in [-0.4, -0.2) is 31.1 Å². The molecule has 0 aliphatic carbocycles. The Labute approximate surface area is 230 Å². The van der Waals surface area contributed by atoms with Crippen LogP contribution in [0.1, 0.15) is 59.4 Å². The first-order chi connectivity index (χ1) is 18.9. The molecule has 1 heterocycles. The van der Waals surface area contributed by atoms with Gasteiger partial charge in [-0.2, -0.15) is 26.3 Å². The summed E-state index contributed by atoms with van der Waals surface area (Å²) in [5, 5.41) is 3.07. The number of rotatable bonds is 9. The SMILES string of the molecule is CC(CN1CCC(c2ccccc2)CC1)[C@H](CNCc1cc(C(F)(F)F)cc(C(F)(F)F)c1)c1ccc(F)cc1. The van der Waals surface area contributed by atoms with Gasteiger partial charge in [-0.15, -0.1) is 0 Å². The van der Waals surface area contributed by atoms with Crippen LogP contribution in [0.3, 0.4) is 0 Å². The van der Waals surface area contributed by atoms with Crippen molar-refractivity contribution >= 4 is 0 Å². The quantitative estimate of drug-likeness (QED) is 0.263. The molecule has 40 heavy (non-hydrogen) atoms. The van der Waals surface area contributed by atoms with Crippen LogP contribution in [0.5, 0.6) is 0 Å². The highest BCUT2D eigenvalue weighted by atomic mass is 19.4. The third-order valence-electron chi connectivity index (χ3n) is 7.73. The predicted molar refractivity (Wildman–Crippen MR) is 141 cm³/mol. The molecule has 0 radical (unpaired) electrons. The molecule has 0 saturated carbocycles. The first kappa shape index (κ1) is 30.1. The topological polar surface area (TPSA) is 15.3 Å². The van der Waals surface area contributed by atoms with Crippen molar-refractivity contribution in [3.63, 3.8) is 0 Å². The monoisotopic (exact) mass is 566 g/mol. The van der Waals surface area contributed by atoms with Gasteiger partial charge in [-0.25, -0.2) is 4.39 Å². The first-order valence-corrected chi connectivity index (χ1v) is 13.4. The van der Waals surface area contributed by atoms with E-state index in [9.17, 15) is 30.7 Å². The summed E-state index contributed by atoms with van der Waals surface area (Å²) in [6, 6.07) is 18.1. The molecule has 1 saturated heterocycles. The first-order valence-electron chi connectivity index (χ1n) is 13.4. The Morgan fingerprint density at radius 2 is 1.40 bits per heavy atom. The number of piperidine rings is 1. The maximum atomic E-state index is 13.6. The number of benzene rings is 3. The van der Waals surface area contributed by atoms with Gasteiger partial charge in [0.2, 0.25) is 0 Å². The summed E-state index contributed by atoms with van der Waals surface area (Å²) in [6.45, 7) is 4.85. The third-order valence-corrected chi connectivity index (χ3v) is 7.73. The van der Waals surface area contributed by atoms with Gasteiger partial charge >= 0.3 is 12.4 Å². The number of halogens is 7. The van der Waals surface area contributed by atoms with Crippen LogP contribution in [0.2, 0.25) is 0 Å². The molecule has 1 N–H and O–H groups in total. The molecular weight excluding hydrogens is 533 g/mol. The number of alkyl halides is 6. The summed E-state index contributed by atoms with van der Waals surface area (Å²) in [5.41, 5.74) is -0.564. The fourth-order valence-electron chi connectivity index (χ4n) is 5.56. The maximum absolute atomic E-state index is 13.6. The van der Waals surface area contributed by atoms with Gasteiger partial charge in [-0.05, 0) is 84.8 Å². The molecule has 0 bridgehead atoms. The zero-order valence-corrected chi connectivity index (χ0v) is 22.2. The van der Waals surface area contributed by atoms with Gasteiger partial charge in [-0.1, -0.05) is 49.4 Å². The molecule has 0 spiro atoms. The van der Waals surface area contributed by atoms with Gasteiger partial charge in [0, 0.05) is 25.6 Å². The normalized spacial score (nSPS) is 17.1. The number of nitrogens with one attached hydrogen (secondary N) is 1. The Morgan fingerprint density at radius 1 is 0.825 bits per heavy atom. The van der Waals surface area contributed by atoms with Gasteiger partial charge in [0.25, 0.3) is 0 Å². The molecule has 2 atom stereocenters. The molecule has 0 amide bonds. The number of hydrogen-bond acceptors (Lipinski definition) is 2. The van der Waals surface area contributed by atoms with Gasteiger partial charge in [-0.3, -0.25) is 0 Å². The fourth-order valence-corrected chi connectivity index (χ4v) is 5.56. The van der Waals surface area contributed by atoms with Crippen molar-refractivity contribution in [2.45, 2.75) is 50.5 Å². The Balaban J connectivity index is 1.43. The van der Waals surface area contributed by atoms with E-state index in [1.807, 2.05) is 18.2 Å². The lowest BCUT2D eigenvalue weighted by molar-refractivity contribution is -0.143. The fraction of sp³-hybridized carbons (Fsp3) is 0.419. The predicted octanol–water partition coefficient (Wildman–Crippen LogP) is 8.25. The average Bonchev–Trinajstić information content (AvgIpc) is 2.91. The van der Waals surface area contributed by atoms with Crippen molar-refractivity contribution in [3.8, 4) is 0 Å². The molecule has 1 fully saturated rings. The molecule has 216 valence electrons. The molecule has 1 unspecified atom stereocenters. The van der Waals surface area contributed by atoms with Gasteiger partial charge in [0.15, 0.2) is 0 Å². The van der Waals surface area contributed by atoms with E-state index >= 15 is 0 Å². The van der Waals surface area contributed by atoms with E-state index in [0.29, 0.717) is 12.5 Å². The molecule has 1 aliphatic heterocycles. The van der Waals surface area contributed by atoms with Crippen molar-refractivity contribution in [2.75, 3.05) is 26.2 Å². The van der Waals surface area contributed by atoms with Crippen molar-refractivity contribution in [3.05, 3.63) is 106 Å². The number of hydrogen-bond donors (Lipinski definition) is 1. The van der Waals surface area contributed by atoms with Gasteiger partial charge in [0.05, 0.1) is 11.1 Å². The van der Waals surface area contributed by atoms with Crippen LogP contribution in [0.4, 0.5) is 30.7 Å². The van der Waals surface area contributed by atoms with E-state index in [-0.39, 0.29) is 35.8 Å². The second kappa shape index (κ2) is 12.7. The van der Waals surface area contributed by atoms with E-state index in [1.165, 1.54) is 17.7 Å². The second-order valence-electron chi connectivity index (χ2n) is 10.7. The Hall–Kier alpha value is -2.91. The molecule has 9 heteroatoms. The standard InChI is InChI=1S/C31H33F7N2/c1-21(20-40-13-11-24(12-14-40)23-5-3-2-4-6-23)29(25-7-9-28(32)10-8-25)19-39-18-22-15-26(30(33,34)35)17-27(16-22)31(36,37)38/h2-10,15-17,21,24,29,39H,11-14,18-20H2,1H3/t21?,29-/m0/s1. The highest BCUT2D eigenvalue weighted by Crippen LogP contribution is 2.36. The minimum atomic E-state index is -4.89. The summed E-state index contributed by atoms with van der Waals surface area (Å²) >= 11 is 0. The Kier molecular flexibility index (Phi) is 9.56. The summed E-state index contributed by atoms with van der Waals surface area (Å²) in [7, 11) is 0. The lowest BCUT2D eigenvalue weighted by Crippen LogP contribution is -2.38. The van der Waals surface area contributed by atoms with Crippen LogP contribution < -0.4 is 5.32 Å². The van der Waals surface area contributed by atoms with Crippen molar-refractivity contribution < 1.29 is 30.7 Å². The summed E-state index contributed by atoms with van der Waals surface area (Å²) in [6.07, 6.45) is -7.72. The highest BCUT2D eigenvalue weighted by molar-refractivity contribution is 5.33. The van der Waals surface area contributed by atoms with E-state index < -0.39 is 23.5 Å². The van der Waals surface area contributed by atoms with Crippen LogP contribution >= 0.6 is 0 Å². The zero-order valence-electron chi connectivity index (χ0n) is 22.2. The molecule has 2 nitrogen and oxygen atoms in total. The lowest BCUT2D eigenvalue weighted by Gasteiger charge is -2.36. The largest absolute Gasteiger partial charge is 0.416 e. The second-order valence-corrected chi connectivity index (χ2v) is 10.7. The van der Waals surface area contributed by atoms with Crippen LogP contribution in [-0.2, 0) is 18.9 Å². The van der Waals surface area contributed by atoms with Crippen LogP contribution in [0.15, 0.2) is 72.8 Å². The summed E-state index contributed by atoms with van der Waals surface area (Å²) < 4.78 is 93.2. The summed E-state index contributed by atoms with van der Waals surface area (Å²) in [4.78, 5) is 2.39. The smallest absolute Gasteiger partial charge is 0.312 e. The summed E-state index contributed by atoms with van der Waals surface area (Å²) in [5.74, 6) is 0.102. The van der Waals surface area contributed by atoms with Gasteiger partial charge < -0.3 is 10.2 Å². The lowest BCUT2D eigenvalue weighted by atomic mass is 9.85. The van der Waals surface area contributed by atoms with E-state index in [0.717, 1.165) is 50.2 Å². The van der Waals surface area contributed by atoms with Crippen molar-refractivity contribution in [2.24, 2.45) is 5.92 Å². The molecule has 0 aromatic heterocycles. The van der Waals surface area contributed by atoms with Crippen molar-refractivity contribution in [1.29, 1.82) is 0 Å². The van der Waals surface area contributed by atoms with E-state index in [4.69, 9.17) is 0 Å². The minimum Gasteiger partial charge on any atom is -0.312 e. The minimum absolute atomic E-state index is 0.0958. The zero-order chi connectivity index (χ0) is 28.9. The Morgan fingerprint density at radius 3 is 1.95 bits per heavy atom. The number of likely N-dealkylation sites (tertiary alicyclic amines) is 1. The van der Waals surface area contributed by atoms with Gasteiger partial charge in [0.1, 0.15) is 5.82 Å². The number of nitrogens with zero attached hydrogens (tertiary/aromatic N) is 1. The average molecular weight is 567 g/mol. The highest BCUT2D eigenvalue weighted by Gasteiger charge is 2.37. The van der Waals surface area contributed by atoms with Crippen LogP contribution in [0.25, 0.3) is 0 Å². The molecule has 1 aliphatic rings. The maximum Gasteiger partial charge on any atom is 0.416 e.